The van der Waals surface area contributed by atoms with E-state index in [1.165, 1.54) is 18.3 Å². The highest BCUT2D eigenvalue weighted by Crippen LogP contribution is 2.26. The molecule has 0 radical (unpaired) electrons. The number of carboxylic acid groups (broad SMARTS) is 1. The molecule has 1 aromatic carbocycles. The molecule has 0 bridgehead atoms. The number of hydrogen-bond donors (Lipinski definition) is 1. The van der Waals surface area contributed by atoms with Gasteiger partial charge in [-0.3, -0.25) is 4.40 Å². The van der Waals surface area contributed by atoms with Crippen molar-refractivity contribution in [3.8, 4) is 17.0 Å². The molecule has 8 heteroatoms. The van der Waals surface area contributed by atoms with Crippen LogP contribution in [0.2, 0.25) is 0 Å². The number of aromatic carboxylic acids is 1. The van der Waals surface area contributed by atoms with Crippen molar-refractivity contribution in [2.45, 2.75) is 6.61 Å². The minimum Gasteiger partial charge on any atom is -0.477 e. The zero-order chi connectivity index (χ0) is 15.0. The van der Waals surface area contributed by atoms with E-state index in [1.54, 1.807) is 22.7 Å². The van der Waals surface area contributed by atoms with Crippen LogP contribution in [0.1, 0.15) is 9.67 Å². The molecule has 0 aliphatic carbocycles. The van der Waals surface area contributed by atoms with E-state index in [-0.39, 0.29) is 10.6 Å². The summed E-state index contributed by atoms with van der Waals surface area (Å²) in [7, 11) is 0. The third kappa shape index (κ3) is 2.70. The number of carboxylic acids is 1. The second kappa shape index (κ2) is 5.13. The van der Waals surface area contributed by atoms with Crippen molar-refractivity contribution < 1.29 is 23.4 Å². The molecule has 3 aromatic rings. The first-order valence-corrected chi connectivity index (χ1v) is 6.61. The van der Waals surface area contributed by atoms with E-state index in [1.807, 2.05) is 0 Å². The lowest BCUT2D eigenvalue weighted by Crippen LogP contribution is -2.01. The zero-order valence-electron chi connectivity index (χ0n) is 10.4. The standard InChI is InChI=1S/C13H8F2N2O3S/c14-12(15)20-8-3-1-7(2-4-8)9-5-17-6-10(11(18)19)21-13(17)16-9/h1-6,12H,(H,18,19). The summed E-state index contributed by atoms with van der Waals surface area (Å²) in [5.74, 6) is -0.927. The van der Waals surface area contributed by atoms with Gasteiger partial charge in [-0.2, -0.15) is 8.78 Å². The van der Waals surface area contributed by atoms with Gasteiger partial charge in [-0.15, -0.1) is 0 Å². The van der Waals surface area contributed by atoms with Gasteiger partial charge >= 0.3 is 12.6 Å². The van der Waals surface area contributed by atoms with Crippen molar-refractivity contribution in [2.24, 2.45) is 0 Å². The first-order chi connectivity index (χ1) is 10.0. The summed E-state index contributed by atoms with van der Waals surface area (Å²) in [6.45, 7) is -2.86. The lowest BCUT2D eigenvalue weighted by molar-refractivity contribution is -0.0498. The van der Waals surface area contributed by atoms with Gasteiger partial charge in [-0.05, 0) is 24.3 Å². The van der Waals surface area contributed by atoms with Gasteiger partial charge in [0, 0.05) is 18.0 Å². The molecule has 0 saturated heterocycles. The summed E-state index contributed by atoms with van der Waals surface area (Å²) >= 11 is 1.06. The van der Waals surface area contributed by atoms with Crippen molar-refractivity contribution in [1.82, 2.24) is 9.38 Å². The van der Waals surface area contributed by atoms with E-state index in [2.05, 4.69) is 9.72 Å². The number of alkyl halides is 2. The molecule has 0 saturated carbocycles. The topological polar surface area (TPSA) is 63.8 Å². The van der Waals surface area contributed by atoms with Gasteiger partial charge in [0.1, 0.15) is 10.6 Å². The quantitative estimate of drug-likeness (QED) is 0.802. The first-order valence-electron chi connectivity index (χ1n) is 5.80. The van der Waals surface area contributed by atoms with Crippen molar-refractivity contribution in [3.05, 3.63) is 41.5 Å². The molecule has 0 atom stereocenters. The number of carbonyl (C=O) groups is 1. The molecule has 2 aromatic heterocycles. The number of halogens is 2. The minimum atomic E-state index is -2.86. The Kier molecular flexibility index (Phi) is 3.30. The van der Waals surface area contributed by atoms with Gasteiger partial charge in [0.2, 0.25) is 0 Å². The van der Waals surface area contributed by atoms with Crippen LogP contribution in [0, 0.1) is 0 Å². The highest BCUT2D eigenvalue weighted by Gasteiger charge is 2.12. The number of imidazole rings is 1. The molecule has 1 N–H and O–H groups in total. The highest BCUT2D eigenvalue weighted by molar-refractivity contribution is 7.18. The summed E-state index contributed by atoms with van der Waals surface area (Å²) < 4.78 is 30.0. The van der Waals surface area contributed by atoms with E-state index in [0.717, 1.165) is 16.9 Å². The molecule has 0 aliphatic heterocycles. The van der Waals surface area contributed by atoms with Crippen LogP contribution in [0.25, 0.3) is 16.2 Å². The van der Waals surface area contributed by atoms with Gasteiger partial charge < -0.3 is 9.84 Å². The molecule has 0 amide bonds. The fourth-order valence-corrected chi connectivity index (χ4v) is 2.65. The van der Waals surface area contributed by atoms with Crippen LogP contribution in [-0.4, -0.2) is 27.1 Å². The van der Waals surface area contributed by atoms with Crippen LogP contribution in [-0.2, 0) is 0 Å². The van der Waals surface area contributed by atoms with E-state index in [0.29, 0.717) is 10.7 Å². The number of nitrogens with zero attached hydrogens (tertiary/aromatic N) is 2. The predicted molar refractivity (Wildman–Crippen MR) is 72.1 cm³/mol. The SMILES string of the molecule is O=C(O)c1cn2cc(-c3ccc(OC(F)F)cc3)nc2s1. The van der Waals surface area contributed by atoms with Crippen molar-refractivity contribution in [2.75, 3.05) is 0 Å². The molecule has 0 unspecified atom stereocenters. The van der Waals surface area contributed by atoms with E-state index in [4.69, 9.17) is 5.11 Å². The molecule has 108 valence electrons. The molecule has 0 spiro atoms. The first kappa shape index (κ1) is 13.5. The summed E-state index contributed by atoms with van der Waals surface area (Å²) in [5, 5.41) is 8.89. The van der Waals surface area contributed by atoms with Crippen LogP contribution < -0.4 is 4.74 Å². The third-order valence-corrected chi connectivity index (χ3v) is 3.73. The molecule has 3 rings (SSSR count). The Balaban J connectivity index is 1.89. The Morgan fingerprint density at radius 1 is 1.29 bits per heavy atom. The van der Waals surface area contributed by atoms with Gasteiger partial charge in [0.15, 0.2) is 4.96 Å². The summed E-state index contributed by atoms with van der Waals surface area (Å²) in [5.41, 5.74) is 1.35. The number of aromatic nitrogens is 2. The Morgan fingerprint density at radius 3 is 2.57 bits per heavy atom. The van der Waals surface area contributed by atoms with Crippen molar-refractivity contribution in [1.29, 1.82) is 0 Å². The van der Waals surface area contributed by atoms with Gasteiger partial charge in [-0.25, -0.2) is 9.78 Å². The molecule has 0 fully saturated rings. The number of rotatable bonds is 4. The van der Waals surface area contributed by atoms with E-state index in [9.17, 15) is 13.6 Å². The van der Waals surface area contributed by atoms with Crippen LogP contribution in [0.3, 0.4) is 0 Å². The fraction of sp³-hybridized carbons (Fsp3) is 0.0769. The highest BCUT2D eigenvalue weighted by atomic mass is 32.1. The second-order valence-corrected chi connectivity index (χ2v) is 5.13. The number of fused-ring (bicyclic) bond motifs is 1. The van der Waals surface area contributed by atoms with Crippen LogP contribution in [0.15, 0.2) is 36.7 Å². The maximum absolute atomic E-state index is 12.1. The largest absolute Gasteiger partial charge is 0.477 e. The van der Waals surface area contributed by atoms with E-state index < -0.39 is 12.6 Å². The summed E-state index contributed by atoms with van der Waals surface area (Å²) in [6, 6.07) is 6.08. The molecule has 5 nitrogen and oxygen atoms in total. The van der Waals surface area contributed by atoms with Gasteiger partial charge in [0.25, 0.3) is 0 Å². The Labute approximate surface area is 121 Å². The predicted octanol–water partition coefficient (Wildman–Crippen LogP) is 3.36. The number of ether oxygens (including phenoxy) is 1. The Morgan fingerprint density at radius 2 is 2.00 bits per heavy atom. The molecule has 2 heterocycles. The minimum absolute atomic E-state index is 0.0722. The number of thiazole rings is 1. The lowest BCUT2D eigenvalue weighted by atomic mass is 10.2. The van der Waals surface area contributed by atoms with Crippen LogP contribution in [0.5, 0.6) is 5.75 Å². The Hall–Kier alpha value is -2.48. The monoisotopic (exact) mass is 310 g/mol. The molecule has 0 aliphatic rings. The maximum atomic E-state index is 12.1. The fourth-order valence-electron chi connectivity index (χ4n) is 1.84. The normalized spacial score (nSPS) is 11.2. The van der Waals surface area contributed by atoms with Crippen molar-refractivity contribution >= 4 is 22.3 Å². The summed E-state index contributed by atoms with van der Waals surface area (Å²) in [4.78, 5) is 15.9. The average Bonchev–Trinajstić information content (AvgIpc) is 2.97. The molecule has 21 heavy (non-hydrogen) atoms. The third-order valence-electron chi connectivity index (χ3n) is 2.74. The van der Waals surface area contributed by atoms with E-state index >= 15 is 0 Å². The molecular formula is C13H8F2N2O3S. The Bertz CT molecular complexity index is 764. The smallest absolute Gasteiger partial charge is 0.387 e. The average molecular weight is 310 g/mol. The number of benzene rings is 1. The lowest BCUT2D eigenvalue weighted by Gasteiger charge is -2.04. The molecular weight excluding hydrogens is 302 g/mol. The van der Waals surface area contributed by atoms with Gasteiger partial charge in [-0.1, -0.05) is 11.3 Å². The van der Waals surface area contributed by atoms with Crippen LogP contribution >= 0.6 is 11.3 Å². The maximum Gasteiger partial charge on any atom is 0.387 e. The number of hydrogen-bond acceptors (Lipinski definition) is 4. The zero-order valence-corrected chi connectivity index (χ0v) is 11.2. The van der Waals surface area contributed by atoms with Crippen molar-refractivity contribution in [3.63, 3.8) is 0 Å². The van der Waals surface area contributed by atoms with Crippen LogP contribution in [0.4, 0.5) is 8.78 Å². The van der Waals surface area contributed by atoms with Gasteiger partial charge in [0.05, 0.1) is 5.69 Å². The second-order valence-electron chi connectivity index (χ2n) is 4.12. The summed E-state index contributed by atoms with van der Waals surface area (Å²) in [6.07, 6.45) is 3.16.